The minimum atomic E-state index is 0.849. The summed E-state index contributed by atoms with van der Waals surface area (Å²) in [6.07, 6.45) is 1.86. The average molecular weight is 193 g/mol. The summed E-state index contributed by atoms with van der Waals surface area (Å²) in [4.78, 5) is 0. The lowest BCUT2D eigenvalue weighted by Gasteiger charge is -1.98. The van der Waals surface area contributed by atoms with Crippen LogP contribution < -0.4 is 5.32 Å². The maximum atomic E-state index is 4.04. The monoisotopic (exact) mass is 193 g/mol. The van der Waals surface area contributed by atoms with Crippen molar-refractivity contribution < 1.29 is 0 Å². The standard InChI is InChI=1S/C9H11N3S/c1-10-4-8-5-11-12-9(8)7-2-3-13-6-7/h2-3,5-6,10H,4H2,1H3,(H,11,12). The Morgan fingerprint density at radius 3 is 3.23 bits per heavy atom. The minimum absolute atomic E-state index is 0.849. The number of nitrogens with one attached hydrogen (secondary N) is 2. The van der Waals surface area contributed by atoms with Gasteiger partial charge in [-0.05, 0) is 18.5 Å². The van der Waals surface area contributed by atoms with Crippen LogP contribution in [0, 0.1) is 0 Å². The molecule has 2 N–H and O–H groups in total. The Morgan fingerprint density at radius 1 is 1.62 bits per heavy atom. The summed E-state index contributed by atoms with van der Waals surface area (Å²) in [7, 11) is 1.93. The Kier molecular flexibility index (Phi) is 2.42. The Balaban J connectivity index is 2.35. The van der Waals surface area contributed by atoms with Crippen LogP contribution in [0.3, 0.4) is 0 Å². The molecule has 0 saturated carbocycles. The van der Waals surface area contributed by atoms with Crippen LogP contribution in [0.15, 0.2) is 23.0 Å². The zero-order valence-electron chi connectivity index (χ0n) is 7.37. The summed E-state index contributed by atoms with van der Waals surface area (Å²) in [5.41, 5.74) is 3.55. The molecule has 2 rings (SSSR count). The van der Waals surface area contributed by atoms with Crippen LogP contribution in [0.5, 0.6) is 0 Å². The third-order valence-electron chi connectivity index (χ3n) is 1.89. The van der Waals surface area contributed by atoms with E-state index in [1.807, 2.05) is 13.2 Å². The van der Waals surface area contributed by atoms with Crippen molar-refractivity contribution in [2.75, 3.05) is 7.05 Å². The second-order valence-corrected chi connectivity index (χ2v) is 3.59. The van der Waals surface area contributed by atoms with Crippen LogP contribution in [0.2, 0.25) is 0 Å². The number of rotatable bonds is 3. The van der Waals surface area contributed by atoms with Gasteiger partial charge in [0, 0.05) is 23.1 Å². The van der Waals surface area contributed by atoms with Gasteiger partial charge < -0.3 is 5.32 Å². The Morgan fingerprint density at radius 2 is 2.54 bits per heavy atom. The lowest BCUT2D eigenvalue weighted by atomic mass is 10.1. The van der Waals surface area contributed by atoms with Crippen molar-refractivity contribution in [3.05, 3.63) is 28.6 Å². The summed E-state index contributed by atoms with van der Waals surface area (Å²) in [5.74, 6) is 0. The van der Waals surface area contributed by atoms with Gasteiger partial charge in [-0.1, -0.05) is 0 Å². The van der Waals surface area contributed by atoms with Gasteiger partial charge in [-0.15, -0.1) is 0 Å². The molecule has 2 aromatic heterocycles. The number of hydrogen-bond donors (Lipinski definition) is 2. The van der Waals surface area contributed by atoms with Crippen LogP contribution in [-0.2, 0) is 6.54 Å². The molecule has 0 aliphatic carbocycles. The summed E-state index contributed by atoms with van der Waals surface area (Å²) < 4.78 is 0. The van der Waals surface area contributed by atoms with E-state index in [9.17, 15) is 0 Å². The van der Waals surface area contributed by atoms with E-state index in [-0.39, 0.29) is 0 Å². The van der Waals surface area contributed by atoms with Gasteiger partial charge in [0.2, 0.25) is 0 Å². The fourth-order valence-corrected chi connectivity index (χ4v) is 1.94. The molecule has 0 aliphatic heterocycles. The summed E-state index contributed by atoms with van der Waals surface area (Å²) in [6, 6.07) is 2.09. The third kappa shape index (κ3) is 1.64. The van der Waals surface area contributed by atoms with Crippen molar-refractivity contribution in [1.82, 2.24) is 15.5 Å². The fourth-order valence-electron chi connectivity index (χ4n) is 1.29. The quantitative estimate of drug-likeness (QED) is 0.781. The molecule has 13 heavy (non-hydrogen) atoms. The highest BCUT2D eigenvalue weighted by molar-refractivity contribution is 7.08. The molecule has 0 atom stereocenters. The second kappa shape index (κ2) is 3.72. The molecule has 0 saturated heterocycles. The van der Waals surface area contributed by atoms with E-state index in [0.29, 0.717) is 0 Å². The Bertz CT molecular complexity index is 364. The lowest BCUT2D eigenvalue weighted by Crippen LogP contribution is -2.04. The number of aromatic amines is 1. The van der Waals surface area contributed by atoms with Crippen molar-refractivity contribution in [3.8, 4) is 11.3 Å². The Labute approximate surface area is 80.8 Å². The van der Waals surface area contributed by atoms with Gasteiger partial charge in [0.25, 0.3) is 0 Å². The first kappa shape index (κ1) is 8.47. The number of aromatic nitrogens is 2. The van der Waals surface area contributed by atoms with E-state index in [2.05, 4.69) is 32.3 Å². The first-order valence-electron chi connectivity index (χ1n) is 4.11. The SMILES string of the molecule is CNCc1cn[nH]c1-c1ccsc1. The van der Waals surface area contributed by atoms with E-state index in [1.165, 1.54) is 11.1 Å². The summed E-state index contributed by atoms with van der Waals surface area (Å²) in [5, 5.41) is 14.3. The van der Waals surface area contributed by atoms with E-state index in [1.54, 1.807) is 11.3 Å². The smallest absolute Gasteiger partial charge is 0.0703 e. The first-order chi connectivity index (χ1) is 6.42. The summed E-state index contributed by atoms with van der Waals surface area (Å²) in [6.45, 7) is 0.849. The van der Waals surface area contributed by atoms with Crippen LogP contribution >= 0.6 is 11.3 Å². The molecule has 0 radical (unpaired) electrons. The van der Waals surface area contributed by atoms with Gasteiger partial charge in [0.1, 0.15) is 0 Å². The first-order valence-corrected chi connectivity index (χ1v) is 5.05. The van der Waals surface area contributed by atoms with Crippen LogP contribution in [0.25, 0.3) is 11.3 Å². The highest BCUT2D eigenvalue weighted by Gasteiger charge is 2.06. The predicted molar refractivity (Wildman–Crippen MR) is 54.7 cm³/mol. The van der Waals surface area contributed by atoms with Crippen LogP contribution in [0.4, 0.5) is 0 Å². The molecule has 68 valence electrons. The highest BCUT2D eigenvalue weighted by atomic mass is 32.1. The molecule has 3 nitrogen and oxygen atoms in total. The molecular formula is C9H11N3S. The topological polar surface area (TPSA) is 40.7 Å². The van der Waals surface area contributed by atoms with E-state index < -0.39 is 0 Å². The lowest BCUT2D eigenvalue weighted by molar-refractivity contribution is 0.820. The highest BCUT2D eigenvalue weighted by Crippen LogP contribution is 2.22. The zero-order chi connectivity index (χ0) is 9.10. The molecular weight excluding hydrogens is 182 g/mol. The largest absolute Gasteiger partial charge is 0.316 e. The zero-order valence-corrected chi connectivity index (χ0v) is 8.19. The van der Waals surface area contributed by atoms with Crippen molar-refractivity contribution in [2.24, 2.45) is 0 Å². The van der Waals surface area contributed by atoms with E-state index in [4.69, 9.17) is 0 Å². The van der Waals surface area contributed by atoms with Crippen molar-refractivity contribution in [3.63, 3.8) is 0 Å². The van der Waals surface area contributed by atoms with Gasteiger partial charge in [-0.25, -0.2) is 0 Å². The van der Waals surface area contributed by atoms with Gasteiger partial charge in [0.05, 0.1) is 11.9 Å². The van der Waals surface area contributed by atoms with E-state index >= 15 is 0 Å². The molecule has 2 aromatic rings. The predicted octanol–water partition coefficient (Wildman–Crippen LogP) is 1.86. The molecule has 0 fully saturated rings. The maximum absolute atomic E-state index is 4.04. The fraction of sp³-hybridized carbons (Fsp3) is 0.222. The van der Waals surface area contributed by atoms with Crippen LogP contribution in [-0.4, -0.2) is 17.2 Å². The van der Waals surface area contributed by atoms with Crippen molar-refractivity contribution >= 4 is 11.3 Å². The molecule has 0 spiro atoms. The second-order valence-electron chi connectivity index (χ2n) is 2.81. The van der Waals surface area contributed by atoms with Gasteiger partial charge in [-0.2, -0.15) is 16.4 Å². The number of nitrogens with zero attached hydrogens (tertiary/aromatic N) is 1. The third-order valence-corrected chi connectivity index (χ3v) is 2.58. The number of H-pyrrole nitrogens is 1. The average Bonchev–Trinajstić information content (AvgIpc) is 2.71. The number of thiophene rings is 1. The molecule has 0 aliphatic rings. The molecule has 4 heteroatoms. The van der Waals surface area contributed by atoms with Crippen molar-refractivity contribution in [1.29, 1.82) is 0 Å². The maximum Gasteiger partial charge on any atom is 0.0703 e. The molecule has 2 heterocycles. The molecule has 0 unspecified atom stereocenters. The van der Waals surface area contributed by atoms with Crippen LogP contribution in [0.1, 0.15) is 5.56 Å². The van der Waals surface area contributed by atoms with E-state index in [0.717, 1.165) is 12.2 Å². The van der Waals surface area contributed by atoms with Gasteiger partial charge in [0.15, 0.2) is 0 Å². The molecule has 0 aromatic carbocycles. The summed E-state index contributed by atoms with van der Waals surface area (Å²) >= 11 is 1.70. The number of hydrogen-bond acceptors (Lipinski definition) is 3. The van der Waals surface area contributed by atoms with Gasteiger partial charge in [-0.3, -0.25) is 5.10 Å². The molecule has 0 amide bonds. The van der Waals surface area contributed by atoms with Gasteiger partial charge >= 0.3 is 0 Å². The Hall–Kier alpha value is -1.13. The molecule has 0 bridgehead atoms. The van der Waals surface area contributed by atoms with Crippen molar-refractivity contribution in [2.45, 2.75) is 6.54 Å². The minimum Gasteiger partial charge on any atom is -0.316 e. The normalized spacial score (nSPS) is 10.5.